The first-order chi connectivity index (χ1) is 10.6. The van der Waals surface area contributed by atoms with Crippen LogP contribution in [0, 0.1) is 11.3 Å². The lowest BCUT2D eigenvalue weighted by Crippen LogP contribution is -2.41. The van der Waals surface area contributed by atoms with E-state index in [0.29, 0.717) is 0 Å². The normalized spacial score (nSPS) is 25.4. The van der Waals surface area contributed by atoms with E-state index in [1.54, 1.807) is 11.1 Å². The van der Waals surface area contributed by atoms with E-state index in [-0.39, 0.29) is 28.8 Å². The lowest BCUT2D eigenvalue weighted by molar-refractivity contribution is 0.162. The molecular formula is C15H18ClN5O. The number of rotatable bonds is 2. The van der Waals surface area contributed by atoms with Crippen molar-refractivity contribution in [1.29, 1.82) is 5.26 Å². The van der Waals surface area contributed by atoms with E-state index in [2.05, 4.69) is 9.97 Å². The number of amides is 2. The monoisotopic (exact) mass is 319 g/mol. The molecule has 2 fully saturated rings. The number of nitrogens with zero attached hydrogens (tertiary/aromatic N) is 5. The maximum absolute atomic E-state index is 12.2. The van der Waals surface area contributed by atoms with Gasteiger partial charge in [0.15, 0.2) is 10.8 Å². The molecule has 1 unspecified atom stereocenters. The van der Waals surface area contributed by atoms with Crippen molar-refractivity contribution in [1.82, 2.24) is 19.8 Å². The van der Waals surface area contributed by atoms with Gasteiger partial charge in [-0.1, -0.05) is 18.0 Å². The quantitative estimate of drug-likeness (QED) is 0.839. The third-order valence-corrected chi connectivity index (χ3v) is 4.87. The lowest BCUT2D eigenvalue weighted by Gasteiger charge is -2.34. The highest BCUT2D eigenvalue weighted by Gasteiger charge is 2.35. The Morgan fingerprint density at radius 1 is 1.41 bits per heavy atom. The second-order valence-corrected chi connectivity index (χ2v) is 6.32. The fraction of sp³-hybridized carbons (Fsp3) is 0.600. The molecule has 1 saturated heterocycles. The first-order valence-corrected chi connectivity index (χ1v) is 7.92. The van der Waals surface area contributed by atoms with Crippen molar-refractivity contribution >= 4 is 17.6 Å². The number of carbonyl (C=O) groups is 1. The van der Waals surface area contributed by atoms with Gasteiger partial charge < -0.3 is 9.80 Å². The van der Waals surface area contributed by atoms with Gasteiger partial charge in [-0.2, -0.15) is 5.26 Å². The highest BCUT2D eigenvalue weighted by atomic mass is 35.5. The van der Waals surface area contributed by atoms with Gasteiger partial charge in [-0.25, -0.2) is 14.8 Å². The minimum absolute atomic E-state index is 0.120. The molecule has 7 heteroatoms. The number of urea groups is 1. The van der Waals surface area contributed by atoms with Crippen molar-refractivity contribution in [3.8, 4) is 6.07 Å². The number of carbonyl (C=O) groups excluding carboxylic acids is 1. The topological polar surface area (TPSA) is 73.1 Å². The van der Waals surface area contributed by atoms with Crippen molar-refractivity contribution < 1.29 is 4.79 Å². The van der Waals surface area contributed by atoms with E-state index in [4.69, 9.17) is 16.9 Å². The highest BCUT2D eigenvalue weighted by molar-refractivity contribution is 6.30. The van der Waals surface area contributed by atoms with Crippen molar-refractivity contribution in [2.45, 2.75) is 37.6 Å². The zero-order valence-corrected chi connectivity index (χ0v) is 13.3. The standard InChI is InChI=1S/C15H18ClN5O/c1-20-5-6-21(15(20)22)11-4-2-3-10(7-11)13-9-18-12(8-17)14(16)19-13/h9-11H,2-7H2,1H3/t10?,11-/m1/s1. The van der Waals surface area contributed by atoms with Crippen LogP contribution in [0.5, 0.6) is 0 Å². The number of hydrogen-bond acceptors (Lipinski definition) is 4. The molecule has 0 bridgehead atoms. The van der Waals surface area contributed by atoms with Crippen molar-refractivity contribution in [3.63, 3.8) is 0 Å². The molecule has 2 atom stereocenters. The predicted molar refractivity (Wildman–Crippen MR) is 81.5 cm³/mol. The third kappa shape index (κ3) is 2.73. The summed E-state index contributed by atoms with van der Waals surface area (Å²) in [6, 6.07) is 2.30. The summed E-state index contributed by atoms with van der Waals surface area (Å²) in [4.78, 5) is 24.3. The van der Waals surface area contributed by atoms with Crippen LogP contribution in [0.1, 0.15) is 43.0 Å². The predicted octanol–water partition coefficient (Wildman–Crippen LogP) is 2.40. The molecule has 1 aliphatic carbocycles. The molecule has 1 aromatic heterocycles. The van der Waals surface area contributed by atoms with Crippen LogP contribution in [0.3, 0.4) is 0 Å². The van der Waals surface area contributed by atoms with Crippen LogP contribution in [0.2, 0.25) is 5.15 Å². The first kappa shape index (κ1) is 15.0. The lowest BCUT2D eigenvalue weighted by atomic mass is 9.83. The summed E-state index contributed by atoms with van der Waals surface area (Å²) in [5.41, 5.74) is 0.989. The molecule has 0 N–H and O–H groups in total. The summed E-state index contributed by atoms with van der Waals surface area (Å²) < 4.78 is 0. The van der Waals surface area contributed by atoms with E-state index in [1.807, 2.05) is 18.0 Å². The average Bonchev–Trinajstić information content (AvgIpc) is 2.87. The fourth-order valence-corrected chi connectivity index (χ4v) is 3.56. The molecule has 2 amide bonds. The van der Waals surface area contributed by atoms with Crippen LogP contribution in [0.4, 0.5) is 4.79 Å². The smallest absolute Gasteiger partial charge is 0.320 e. The average molecular weight is 320 g/mol. The molecule has 1 aromatic rings. The van der Waals surface area contributed by atoms with Crippen molar-refractivity contribution in [3.05, 3.63) is 22.7 Å². The minimum atomic E-state index is 0.120. The zero-order chi connectivity index (χ0) is 15.7. The van der Waals surface area contributed by atoms with Gasteiger partial charge in [-0.3, -0.25) is 0 Å². The zero-order valence-electron chi connectivity index (χ0n) is 12.5. The second kappa shape index (κ2) is 6.09. The van der Waals surface area contributed by atoms with E-state index in [0.717, 1.165) is 44.5 Å². The maximum Gasteiger partial charge on any atom is 0.320 e. The summed E-state index contributed by atoms with van der Waals surface area (Å²) in [6.07, 6.45) is 5.65. The Hall–Kier alpha value is -1.87. The van der Waals surface area contributed by atoms with Gasteiger partial charge in [0.2, 0.25) is 0 Å². The molecule has 2 heterocycles. The summed E-state index contributed by atoms with van der Waals surface area (Å²) in [5, 5.41) is 9.04. The Morgan fingerprint density at radius 3 is 2.86 bits per heavy atom. The molecular weight excluding hydrogens is 302 g/mol. The minimum Gasteiger partial charge on any atom is -0.326 e. The summed E-state index contributed by atoms with van der Waals surface area (Å²) in [5.74, 6) is 0.246. The van der Waals surface area contributed by atoms with Crippen molar-refractivity contribution in [2.24, 2.45) is 0 Å². The Morgan fingerprint density at radius 2 is 2.23 bits per heavy atom. The molecule has 0 radical (unpaired) electrons. The highest BCUT2D eigenvalue weighted by Crippen LogP contribution is 2.35. The molecule has 6 nitrogen and oxygen atoms in total. The molecule has 0 spiro atoms. The Labute approximate surface area is 134 Å². The SMILES string of the molecule is CN1CCN([C@@H]2CCCC(c3cnc(C#N)c(Cl)n3)C2)C1=O. The van der Waals surface area contributed by atoms with Crippen LogP contribution in [0.15, 0.2) is 6.20 Å². The van der Waals surface area contributed by atoms with Crippen LogP contribution in [-0.4, -0.2) is 52.0 Å². The number of nitriles is 1. The number of halogens is 1. The third-order valence-electron chi connectivity index (χ3n) is 4.61. The van der Waals surface area contributed by atoms with Gasteiger partial charge in [0.1, 0.15) is 6.07 Å². The van der Waals surface area contributed by atoms with Crippen LogP contribution >= 0.6 is 11.6 Å². The van der Waals surface area contributed by atoms with E-state index < -0.39 is 0 Å². The number of likely N-dealkylation sites (N-methyl/N-ethyl adjacent to an activating group) is 1. The maximum atomic E-state index is 12.2. The molecule has 3 rings (SSSR count). The molecule has 1 saturated carbocycles. The Bertz CT molecular complexity index is 629. The van der Waals surface area contributed by atoms with E-state index >= 15 is 0 Å². The van der Waals surface area contributed by atoms with Gasteiger partial charge in [0.05, 0.1) is 11.9 Å². The molecule has 116 valence electrons. The molecule has 0 aromatic carbocycles. The Balaban J connectivity index is 1.75. The number of aromatic nitrogens is 2. The fourth-order valence-electron chi connectivity index (χ4n) is 3.37. The van der Waals surface area contributed by atoms with Crippen LogP contribution in [0.25, 0.3) is 0 Å². The summed E-state index contributed by atoms with van der Waals surface area (Å²) in [7, 11) is 1.84. The van der Waals surface area contributed by atoms with E-state index in [1.165, 1.54) is 0 Å². The second-order valence-electron chi connectivity index (χ2n) is 5.96. The van der Waals surface area contributed by atoms with Gasteiger partial charge in [-0.05, 0) is 19.3 Å². The van der Waals surface area contributed by atoms with Crippen LogP contribution < -0.4 is 0 Å². The van der Waals surface area contributed by atoms with Crippen molar-refractivity contribution in [2.75, 3.05) is 20.1 Å². The van der Waals surface area contributed by atoms with Gasteiger partial charge in [0.25, 0.3) is 0 Å². The molecule has 2 aliphatic rings. The largest absolute Gasteiger partial charge is 0.326 e. The van der Waals surface area contributed by atoms with Crippen LogP contribution in [-0.2, 0) is 0 Å². The Kier molecular flexibility index (Phi) is 4.16. The van der Waals surface area contributed by atoms with E-state index in [9.17, 15) is 4.79 Å². The van der Waals surface area contributed by atoms with Gasteiger partial charge >= 0.3 is 6.03 Å². The van der Waals surface area contributed by atoms with Gasteiger partial charge in [0, 0.05) is 32.1 Å². The van der Waals surface area contributed by atoms with Gasteiger partial charge in [-0.15, -0.1) is 0 Å². The molecule has 22 heavy (non-hydrogen) atoms. The molecule has 1 aliphatic heterocycles. The first-order valence-electron chi connectivity index (χ1n) is 7.54. The summed E-state index contributed by atoms with van der Waals surface area (Å²) in [6.45, 7) is 1.59. The number of hydrogen-bond donors (Lipinski definition) is 0. The summed E-state index contributed by atoms with van der Waals surface area (Å²) >= 11 is 5.99.